The maximum absolute atomic E-state index is 10.3. The second kappa shape index (κ2) is 7.90. The van der Waals surface area contributed by atoms with Gasteiger partial charge in [-0.3, -0.25) is 0 Å². The number of aliphatic hydroxyl groups is 1. The first-order valence-electron chi connectivity index (χ1n) is 12.9. The van der Waals surface area contributed by atoms with E-state index in [1.165, 1.54) is 64.2 Å². The first kappa shape index (κ1) is 21.2. The van der Waals surface area contributed by atoms with Crippen molar-refractivity contribution < 1.29 is 5.11 Å². The van der Waals surface area contributed by atoms with Gasteiger partial charge in [0.15, 0.2) is 0 Å². The third-order valence-electron chi connectivity index (χ3n) is 10.8. The highest BCUT2D eigenvalue weighted by molar-refractivity contribution is 5.09. The number of aliphatic hydroxyl groups excluding tert-OH is 1. The summed E-state index contributed by atoms with van der Waals surface area (Å²) >= 11 is 0. The van der Waals surface area contributed by atoms with Crippen LogP contribution in [0.5, 0.6) is 0 Å². The molecule has 0 spiro atoms. The molecule has 4 saturated carbocycles. The van der Waals surface area contributed by atoms with Gasteiger partial charge in [0.25, 0.3) is 0 Å². The molecule has 1 heteroatoms. The van der Waals surface area contributed by atoms with Crippen molar-refractivity contribution in [1.29, 1.82) is 0 Å². The summed E-state index contributed by atoms with van der Waals surface area (Å²) in [6.07, 6.45) is 16.6. The summed E-state index contributed by atoms with van der Waals surface area (Å²) in [4.78, 5) is 0. The Morgan fingerprint density at radius 3 is 2.29 bits per heavy atom. The van der Waals surface area contributed by atoms with E-state index in [0.29, 0.717) is 10.8 Å². The molecule has 0 saturated heterocycles. The van der Waals surface area contributed by atoms with Gasteiger partial charge in [-0.15, -0.1) is 0 Å². The Bertz CT molecular complexity index is 540. The van der Waals surface area contributed by atoms with Gasteiger partial charge in [0.2, 0.25) is 0 Å². The Hall–Kier alpha value is -0.0400. The van der Waals surface area contributed by atoms with Crippen LogP contribution in [-0.4, -0.2) is 11.2 Å². The smallest absolute Gasteiger partial charge is 0.0543 e. The van der Waals surface area contributed by atoms with Crippen LogP contribution in [0.15, 0.2) is 0 Å². The molecule has 0 aliphatic heterocycles. The molecule has 9 atom stereocenters. The minimum Gasteiger partial charge on any atom is -0.393 e. The maximum Gasteiger partial charge on any atom is 0.0543 e. The zero-order valence-electron chi connectivity index (χ0n) is 19.6. The van der Waals surface area contributed by atoms with E-state index in [1.807, 2.05) is 0 Å². The van der Waals surface area contributed by atoms with Gasteiger partial charge in [-0.2, -0.15) is 0 Å². The first-order chi connectivity index (χ1) is 13.3. The first-order valence-corrected chi connectivity index (χ1v) is 12.9. The van der Waals surface area contributed by atoms with Crippen LogP contribution >= 0.6 is 0 Å². The molecule has 4 rings (SSSR count). The lowest BCUT2D eigenvalue weighted by Gasteiger charge is -2.61. The predicted octanol–water partition coefficient (Wildman–Crippen LogP) is 7.47. The molecule has 162 valence electrons. The van der Waals surface area contributed by atoms with Crippen molar-refractivity contribution >= 4 is 0 Å². The molecule has 0 aromatic heterocycles. The minimum atomic E-state index is -0.00830. The van der Waals surface area contributed by atoms with Crippen LogP contribution in [-0.2, 0) is 0 Å². The van der Waals surface area contributed by atoms with Gasteiger partial charge in [0.05, 0.1) is 6.10 Å². The molecule has 1 N–H and O–H groups in total. The second-order valence-corrected chi connectivity index (χ2v) is 12.6. The molecular formula is C27H48O. The molecule has 4 aliphatic carbocycles. The lowest BCUT2D eigenvalue weighted by atomic mass is 9.44. The van der Waals surface area contributed by atoms with Crippen LogP contribution in [0.1, 0.15) is 112 Å². The standard InChI is InChI=1S/C27H48O/c1-18(2)7-6-8-19(3)23-11-12-24-22-10-9-20-17-21(28)13-15-26(20,4)25(22)14-16-27(23,24)5/h18-25,28H,6-17H2,1-5H3/t19?,20?,21-,22?,23?,24?,25?,26-,27+/m0/s1. The van der Waals surface area contributed by atoms with E-state index >= 15 is 0 Å². The van der Waals surface area contributed by atoms with E-state index in [2.05, 4.69) is 34.6 Å². The molecule has 28 heavy (non-hydrogen) atoms. The largest absolute Gasteiger partial charge is 0.393 e. The summed E-state index contributed by atoms with van der Waals surface area (Å²) in [5, 5.41) is 10.3. The average Bonchev–Trinajstić information content (AvgIpc) is 2.99. The Labute approximate surface area is 175 Å². The van der Waals surface area contributed by atoms with Gasteiger partial charge in [0.1, 0.15) is 0 Å². The Kier molecular flexibility index (Phi) is 5.98. The van der Waals surface area contributed by atoms with Gasteiger partial charge in [-0.25, -0.2) is 0 Å². The van der Waals surface area contributed by atoms with Crippen molar-refractivity contribution in [3.05, 3.63) is 0 Å². The zero-order chi connectivity index (χ0) is 20.1. The minimum absolute atomic E-state index is 0.00830. The summed E-state index contributed by atoms with van der Waals surface area (Å²) in [6.45, 7) is 12.7. The molecule has 0 radical (unpaired) electrons. The van der Waals surface area contributed by atoms with Crippen molar-refractivity contribution in [2.24, 2.45) is 52.3 Å². The Balaban J connectivity index is 1.46. The summed E-state index contributed by atoms with van der Waals surface area (Å²) in [7, 11) is 0. The molecule has 4 fully saturated rings. The molecule has 0 aromatic rings. The number of hydrogen-bond donors (Lipinski definition) is 1. The third-order valence-corrected chi connectivity index (χ3v) is 10.8. The van der Waals surface area contributed by atoms with Gasteiger partial charge >= 0.3 is 0 Å². The number of fused-ring (bicyclic) bond motifs is 5. The molecule has 0 aromatic carbocycles. The summed E-state index contributed by atoms with van der Waals surface area (Å²) in [5.41, 5.74) is 1.15. The fourth-order valence-corrected chi connectivity index (χ4v) is 9.26. The molecule has 1 nitrogen and oxygen atoms in total. The van der Waals surface area contributed by atoms with Crippen molar-refractivity contribution in [3.8, 4) is 0 Å². The summed E-state index contributed by atoms with van der Waals surface area (Å²) < 4.78 is 0. The van der Waals surface area contributed by atoms with E-state index in [-0.39, 0.29) is 6.10 Å². The maximum atomic E-state index is 10.3. The van der Waals surface area contributed by atoms with E-state index < -0.39 is 0 Å². The Morgan fingerprint density at radius 2 is 1.54 bits per heavy atom. The number of hydrogen-bond acceptors (Lipinski definition) is 1. The summed E-state index contributed by atoms with van der Waals surface area (Å²) in [5.74, 6) is 6.49. The molecule has 0 heterocycles. The molecular weight excluding hydrogens is 340 g/mol. The molecule has 0 amide bonds. The lowest BCUT2D eigenvalue weighted by Crippen LogP contribution is -2.54. The van der Waals surface area contributed by atoms with E-state index in [1.54, 1.807) is 0 Å². The van der Waals surface area contributed by atoms with Gasteiger partial charge < -0.3 is 5.11 Å². The van der Waals surface area contributed by atoms with Crippen LogP contribution in [0.25, 0.3) is 0 Å². The average molecular weight is 389 g/mol. The van der Waals surface area contributed by atoms with Crippen LogP contribution in [0.2, 0.25) is 0 Å². The Morgan fingerprint density at radius 1 is 0.821 bits per heavy atom. The van der Waals surface area contributed by atoms with Crippen molar-refractivity contribution in [3.63, 3.8) is 0 Å². The fourth-order valence-electron chi connectivity index (χ4n) is 9.26. The highest BCUT2D eigenvalue weighted by atomic mass is 16.3. The van der Waals surface area contributed by atoms with Crippen LogP contribution in [0.3, 0.4) is 0 Å². The van der Waals surface area contributed by atoms with Gasteiger partial charge in [0, 0.05) is 0 Å². The van der Waals surface area contributed by atoms with Crippen molar-refractivity contribution in [1.82, 2.24) is 0 Å². The van der Waals surface area contributed by atoms with E-state index in [4.69, 9.17) is 0 Å². The molecule has 0 bridgehead atoms. The molecule has 6 unspecified atom stereocenters. The van der Waals surface area contributed by atoms with E-state index in [0.717, 1.165) is 54.3 Å². The summed E-state index contributed by atoms with van der Waals surface area (Å²) in [6, 6.07) is 0. The van der Waals surface area contributed by atoms with Crippen LogP contribution in [0.4, 0.5) is 0 Å². The quantitative estimate of drug-likeness (QED) is 0.518. The lowest BCUT2D eigenvalue weighted by molar-refractivity contribution is -0.129. The molecule has 4 aliphatic rings. The SMILES string of the molecule is CC(C)CCCC(C)C1CCC2C3CCC4C[C@@H](O)CC[C@]4(C)C3CC[C@]12C. The highest BCUT2D eigenvalue weighted by Crippen LogP contribution is 2.68. The predicted molar refractivity (Wildman–Crippen MR) is 119 cm³/mol. The fraction of sp³-hybridized carbons (Fsp3) is 1.00. The van der Waals surface area contributed by atoms with Crippen LogP contribution < -0.4 is 0 Å². The topological polar surface area (TPSA) is 20.2 Å². The highest BCUT2D eigenvalue weighted by Gasteiger charge is 2.60. The van der Waals surface area contributed by atoms with Gasteiger partial charge in [-0.05, 0) is 110 Å². The van der Waals surface area contributed by atoms with Crippen molar-refractivity contribution in [2.45, 2.75) is 118 Å². The second-order valence-electron chi connectivity index (χ2n) is 12.6. The number of rotatable bonds is 5. The van der Waals surface area contributed by atoms with Gasteiger partial charge in [-0.1, -0.05) is 53.9 Å². The monoisotopic (exact) mass is 388 g/mol. The third kappa shape index (κ3) is 3.50. The normalized spacial score (nSPS) is 49.4. The zero-order valence-corrected chi connectivity index (χ0v) is 19.6. The van der Waals surface area contributed by atoms with Crippen LogP contribution in [0, 0.1) is 52.3 Å². The van der Waals surface area contributed by atoms with E-state index in [9.17, 15) is 5.11 Å². The van der Waals surface area contributed by atoms with Crippen molar-refractivity contribution in [2.75, 3.05) is 0 Å².